The van der Waals surface area contributed by atoms with Crippen molar-refractivity contribution >= 4 is 16.8 Å². The maximum Gasteiger partial charge on any atom is 0.123 e. The van der Waals surface area contributed by atoms with Gasteiger partial charge in [-0.3, -0.25) is 0 Å². The molecule has 0 saturated heterocycles. The third-order valence-electron chi connectivity index (χ3n) is 3.59. The number of hydrogen-bond donors (Lipinski definition) is 1. The summed E-state index contributed by atoms with van der Waals surface area (Å²) in [5.74, 6) is 0.417. The molecule has 1 N–H and O–H groups in total. The second kappa shape index (κ2) is 3.63. The summed E-state index contributed by atoms with van der Waals surface area (Å²) in [6.07, 6.45) is 4.07. The molecular weight excluding hydrogens is 208 g/mol. The van der Waals surface area contributed by atoms with E-state index < -0.39 is 0 Å². The van der Waals surface area contributed by atoms with Crippen molar-refractivity contribution in [2.75, 3.05) is 0 Å². The molecule has 1 nitrogen and oxygen atoms in total. The second-order valence-electron chi connectivity index (χ2n) is 4.83. The number of aromatic hydroxyl groups is 1. The first kappa shape index (κ1) is 10.4. The van der Waals surface area contributed by atoms with E-state index in [4.69, 9.17) is 0 Å². The van der Waals surface area contributed by atoms with Gasteiger partial charge in [0.05, 0.1) is 0 Å². The van der Waals surface area contributed by atoms with Crippen molar-refractivity contribution in [3.63, 3.8) is 0 Å². The van der Waals surface area contributed by atoms with Crippen LogP contribution < -0.4 is 0 Å². The number of hydrogen-bond acceptors (Lipinski definition) is 1. The van der Waals surface area contributed by atoms with E-state index in [-0.39, 0.29) is 0 Å². The average Bonchev–Trinajstić information content (AvgIpc) is 2.33. The van der Waals surface area contributed by atoms with Crippen LogP contribution in [-0.2, 0) is 12.8 Å². The standard InChI is InChI=1S/C16H16O/c1-3-11-9-15(17)14-8-10(2)7-12-5-4-6-13(11)16(12)14/h4-6,8-9,17H,3,7H2,1-2H3. The molecule has 0 radical (unpaired) electrons. The van der Waals surface area contributed by atoms with Crippen molar-refractivity contribution in [1.29, 1.82) is 0 Å². The van der Waals surface area contributed by atoms with Gasteiger partial charge < -0.3 is 5.11 Å². The maximum absolute atomic E-state index is 10.2. The summed E-state index contributed by atoms with van der Waals surface area (Å²) < 4.78 is 0. The second-order valence-corrected chi connectivity index (χ2v) is 4.83. The summed E-state index contributed by atoms with van der Waals surface area (Å²) in [6.45, 7) is 4.25. The van der Waals surface area contributed by atoms with E-state index in [1.165, 1.54) is 27.5 Å². The van der Waals surface area contributed by atoms with Crippen molar-refractivity contribution in [3.05, 3.63) is 46.5 Å². The molecule has 0 aliphatic heterocycles. The van der Waals surface area contributed by atoms with Crippen molar-refractivity contribution in [1.82, 2.24) is 0 Å². The summed E-state index contributed by atoms with van der Waals surface area (Å²) >= 11 is 0. The van der Waals surface area contributed by atoms with E-state index >= 15 is 0 Å². The fourth-order valence-electron chi connectivity index (χ4n) is 2.82. The molecule has 2 aromatic rings. The minimum Gasteiger partial charge on any atom is -0.507 e. The molecule has 1 aliphatic rings. The smallest absolute Gasteiger partial charge is 0.123 e. The Bertz CT molecular complexity index is 636. The number of aryl methyl sites for hydroxylation is 1. The van der Waals surface area contributed by atoms with E-state index in [0.29, 0.717) is 5.75 Å². The molecule has 0 aromatic heterocycles. The molecule has 0 atom stereocenters. The normalized spacial score (nSPS) is 13.9. The Morgan fingerprint density at radius 3 is 2.88 bits per heavy atom. The van der Waals surface area contributed by atoms with Crippen LogP contribution in [0.25, 0.3) is 16.8 Å². The summed E-state index contributed by atoms with van der Waals surface area (Å²) in [6, 6.07) is 8.36. The van der Waals surface area contributed by atoms with Crippen molar-refractivity contribution in [3.8, 4) is 5.75 Å². The summed E-state index contributed by atoms with van der Waals surface area (Å²) in [5.41, 5.74) is 4.88. The summed E-state index contributed by atoms with van der Waals surface area (Å²) in [4.78, 5) is 0. The third kappa shape index (κ3) is 1.46. The molecule has 2 aromatic carbocycles. The largest absolute Gasteiger partial charge is 0.507 e. The van der Waals surface area contributed by atoms with Crippen molar-refractivity contribution in [2.24, 2.45) is 0 Å². The molecule has 17 heavy (non-hydrogen) atoms. The van der Waals surface area contributed by atoms with Crippen LogP contribution in [0.3, 0.4) is 0 Å². The van der Waals surface area contributed by atoms with Gasteiger partial charge in [-0.2, -0.15) is 0 Å². The van der Waals surface area contributed by atoms with E-state index in [1.807, 2.05) is 6.07 Å². The van der Waals surface area contributed by atoms with Crippen LogP contribution in [0.4, 0.5) is 0 Å². The molecule has 0 spiro atoms. The zero-order chi connectivity index (χ0) is 12.0. The zero-order valence-electron chi connectivity index (χ0n) is 10.2. The first-order valence-corrected chi connectivity index (χ1v) is 6.14. The lowest BCUT2D eigenvalue weighted by Crippen LogP contribution is -1.99. The zero-order valence-corrected chi connectivity index (χ0v) is 10.2. The predicted molar refractivity (Wildman–Crippen MR) is 72.3 cm³/mol. The lowest BCUT2D eigenvalue weighted by atomic mass is 9.86. The number of phenolic OH excluding ortho intramolecular Hbond substituents is 1. The van der Waals surface area contributed by atoms with E-state index in [9.17, 15) is 5.11 Å². The highest BCUT2D eigenvalue weighted by Crippen LogP contribution is 2.38. The molecular formula is C16H16O. The van der Waals surface area contributed by atoms with Gasteiger partial charge in [-0.05, 0) is 47.7 Å². The van der Waals surface area contributed by atoms with Gasteiger partial charge in [-0.15, -0.1) is 0 Å². The van der Waals surface area contributed by atoms with Gasteiger partial charge in [0.2, 0.25) is 0 Å². The molecule has 0 bridgehead atoms. The van der Waals surface area contributed by atoms with Crippen LogP contribution >= 0.6 is 0 Å². The Morgan fingerprint density at radius 1 is 1.29 bits per heavy atom. The molecule has 1 heteroatoms. The van der Waals surface area contributed by atoms with Crippen molar-refractivity contribution < 1.29 is 5.11 Å². The topological polar surface area (TPSA) is 20.2 Å². The highest BCUT2D eigenvalue weighted by atomic mass is 16.3. The van der Waals surface area contributed by atoms with Gasteiger partial charge in [0, 0.05) is 5.56 Å². The van der Waals surface area contributed by atoms with Crippen LogP contribution in [0.15, 0.2) is 29.8 Å². The lowest BCUT2D eigenvalue weighted by Gasteiger charge is -2.19. The van der Waals surface area contributed by atoms with Crippen LogP contribution in [0.1, 0.15) is 30.5 Å². The predicted octanol–water partition coefficient (Wildman–Crippen LogP) is 4.07. The van der Waals surface area contributed by atoms with Gasteiger partial charge >= 0.3 is 0 Å². The van der Waals surface area contributed by atoms with Gasteiger partial charge in [0.1, 0.15) is 5.75 Å². The average molecular weight is 224 g/mol. The van der Waals surface area contributed by atoms with E-state index in [2.05, 4.69) is 38.1 Å². The van der Waals surface area contributed by atoms with Crippen LogP contribution in [0.5, 0.6) is 5.75 Å². The number of rotatable bonds is 1. The fraction of sp³-hybridized carbons (Fsp3) is 0.250. The molecule has 0 fully saturated rings. The number of phenols is 1. The maximum atomic E-state index is 10.2. The quantitative estimate of drug-likeness (QED) is 0.774. The van der Waals surface area contributed by atoms with Gasteiger partial charge in [0.15, 0.2) is 0 Å². The lowest BCUT2D eigenvalue weighted by molar-refractivity contribution is 0.474. The van der Waals surface area contributed by atoms with Crippen molar-refractivity contribution in [2.45, 2.75) is 26.7 Å². The molecule has 0 heterocycles. The SMILES string of the molecule is CCc1cc(O)c2c3c(cccc13)CC(C)=C2. The van der Waals surface area contributed by atoms with Crippen LogP contribution in [0, 0.1) is 0 Å². The van der Waals surface area contributed by atoms with E-state index in [0.717, 1.165) is 18.4 Å². The first-order valence-electron chi connectivity index (χ1n) is 6.14. The van der Waals surface area contributed by atoms with Crippen LogP contribution in [-0.4, -0.2) is 5.11 Å². The Balaban J connectivity index is 2.50. The van der Waals surface area contributed by atoms with Gasteiger partial charge in [-0.25, -0.2) is 0 Å². The molecule has 0 saturated carbocycles. The van der Waals surface area contributed by atoms with Crippen LogP contribution in [0.2, 0.25) is 0 Å². The fourth-order valence-corrected chi connectivity index (χ4v) is 2.82. The minimum atomic E-state index is 0.417. The minimum absolute atomic E-state index is 0.417. The Labute approximate surface area is 101 Å². The van der Waals surface area contributed by atoms with E-state index in [1.54, 1.807) is 0 Å². The molecule has 1 aliphatic carbocycles. The number of allylic oxidation sites excluding steroid dienone is 1. The highest BCUT2D eigenvalue weighted by molar-refractivity contribution is 5.99. The third-order valence-corrected chi connectivity index (χ3v) is 3.59. The molecule has 3 rings (SSSR count). The number of benzene rings is 2. The monoisotopic (exact) mass is 224 g/mol. The van der Waals surface area contributed by atoms with Gasteiger partial charge in [0.25, 0.3) is 0 Å². The Kier molecular flexibility index (Phi) is 2.22. The first-order chi connectivity index (χ1) is 8.20. The summed E-state index contributed by atoms with van der Waals surface area (Å²) in [5, 5.41) is 12.7. The summed E-state index contributed by atoms with van der Waals surface area (Å²) in [7, 11) is 0. The highest BCUT2D eigenvalue weighted by Gasteiger charge is 2.16. The molecule has 0 amide bonds. The Hall–Kier alpha value is -1.76. The molecule has 86 valence electrons. The molecule has 0 unspecified atom stereocenters. The Morgan fingerprint density at radius 2 is 2.12 bits per heavy atom. The van der Waals surface area contributed by atoms with Gasteiger partial charge in [-0.1, -0.05) is 36.8 Å².